The lowest BCUT2D eigenvalue weighted by Crippen LogP contribution is -2.18. The van der Waals surface area contributed by atoms with Crippen LogP contribution in [0.5, 0.6) is 11.8 Å². The number of ether oxygens (including phenoxy) is 1. The van der Waals surface area contributed by atoms with E-state index >= 15 is 0 Å². The first-order valence-electron chi connectivity index (χ1n) is 11.4. The van der Waals surface area contributed by atoms with Crippen LogP contribution < -0.4 is 15.0 Å². The number of hydrogen-bond acceptors (Lipinski definition) is 6. The molecule has 0 spiro atoms. The molecule has 2 aromatic carbocycles. The van der Waals surface area contributed by atoms with E-state index in [-0.39, 0.29) is 23.1 Å². The molecule has 0 unspecified atom stereocenters. The third-order valence-electron chi connectivity index (χ3n) is 5.70. The average Bonchev–Trinajstić information content (AvgIpc) is 2.82. The predicted molar refractivity (Wildman–Crippen MR) is 139 cm³/mol. The monoisotopic (exact) mass is 492 g/mol. The highest BCUT2D eigenvalue weighted by molar-refractivity contribution is 7.92. The van der Waals surface area contributed by atoms with E-state index in [1.165, 1.54) is 4.57 Å². The molecule has 8 nitrogen and oxygen atoms in total. The molecule has 4 aromatic rings. The van der Waals surface area contributed by atoms with Crippen LogP contribution in [0.1, 0.15) is 30.9 Å². The van der Waals surface area contributed by atoms with Gasteiger partial charge in [-0.25, -0.2) is 8.42 Å². The molecule has 0 radical (unpaired) electrons. The summed E-state index contributed by atoms with van der Waals surface area (Å²) < 4.78 is 35.4. The Labute approximate surface area is 204 Å². The van der Waals surface area contributed by atoms with Crippen LogP contribution in [0.2, 0.25) is 0 Å². The predicted octanol–water partition coefficient (Wildman–Crippen LogP) is 4.95. The van der Waals surface area contributed by atoms with Gasteiger partial charge in [0, 0.05) is 30.3 Å². The molecule has 0 aliphatic heterocycles. The lowest BCUT2D eigenvalue weighted by Gasteiger charge is -2.14. The van der Waals surface area contributed by atoms with Gasteiger partial charge in [0.1, 0.15) is 11.6 Å². The van der Waals surface area contributed by atoms with Crippen molar-refractivity contribution in [3.8, 4) is 23.0 Å². The number of pyridine rings is 1. The molecular formula is C26H28N4O4S. The minimum absolute atomic E-state index is 0.00558. The van der Waals surface area contributed by atoms with E-state index in [1.54, 1.807) is 31.4 Å². The van der Waals surface area contributed by atoms with Gasteiger partial charge in [-0.1, -0.05) is 49.7 Å². The average molecular weight is 493 g/mol. The molecule has 0 atom stereocenters. The summed E-state index contributed by atoms with van der Waals surface area (Å²) in [7, 11) is -1.94. The van der Waals surface area contributed by atoms with Gasteiger partial charge in [0.25, 0.3) is 5.56 Å². The molecule has 2 heterocycles. The fourth-order valence-electron chi connectivity index (χ4n) is 3.88. The Kier molecular flexibility index (Phi) is 6.88. The van der Waals surface area contributed by atoms with Crippen LogP contribution in [0, 0.1) is 13.8 Å². The molecule has 0 bridgehead atoms. The number of anilines is 1. The maximum atomic E-state index is 12.7. The molecule has 1 N–H and O–H groups in total. The lowest BCUT2D eigenvalue weighted by atomic mass is 10.0. The SMILES string of the molecule is CCCCS(=O)(=O)Nc1cc(-c2cn(C)c(=O)c3ccccc23)nc(Oc2c(C)cccc2C)n1. The number of hydrogen-bond donors (Lipinski definition) is 1. The molecule has 0 fully saturated rings. The number of sulfonamides is 1. The van der Waals surface area contributed by atoms with Crippen molar-refractivity contribution < 1.29 is 13.2 Å². The number of fused-ring (bicyclic) bond motifs is 1. The number of nitrogens with one attached hydrogen (secondary N) is 1. The van der Waals surface area contributed by atoms with E-state index in [0.717, 1.165) is 17.5 Å². The summed E-state index contributed by atoms with van der Waals surface area (Å²) in [5.41, 5.74) is 2.76. The van der Waals surface area contributed by atoms with Crippen LogP contribution in [0.15, 0.2) is 59.5 Å². The minimum Gasteiger partial charge on any atom is -0.424 e. The van der Waals surface area contributed by atoms with Crippen LogP contribution in [-0.2, 0) is 17.1 Å². The summed E-state index contributed by atoms with van der Waals surface area (Å²) in [5.74, 6) is 0.693. The van der Waals surface area contributed by atoms with Crippen LogP contribution in [0.25, 0.3) is 22.0 Å². The fraction of sp³-hybridized carbons (Fsp3) is 0.269. The molecule has 2 aromatic heterocycles. The first-order valence-corrected chi connectivity index (χ1v) is 13.1. The second-order valence-corrected chi connectivity index (χ2v) is 10.4. The van der Waals surface area contributed by atoms with Crippen LogP contribution in [0.4, 0.5) is 5.82 Å². The standard InChI is InChI=1S/C26H28N4O4S/c1-5-6-14-35(32,33)29-23-15-22(21-16-30(4)25(31)20-13-8-7-12-19(20)21)27-26(28-23)34-24-17(2)10-9-11-18(24)3/h7-13,15-16H,5-6,14H2,1-4H3,(H,27,28,29). The van der Waals surface area contributed by atoms with E-state index in [2.05, 4.69) is 14.7 Å². The highest BCUT2D eigenvalue weighted by Gasteiger charge is 2.18. The molecule has 0 saturated heterocycles. The molecule has 35 heavy (non-hydrogen) atoms. The zero-order chi connectivity index (χ0) is 25.2. The summed E-state index contributed by atoms with van der Waals surface area (Å²) in [4.78, 5) is 21.6. The van der Waals surface area contributed by atoms with Gasteiger partial charge < -0.3 is 9.30 Å². The number of unbranched alkanes of at least 4 members (excludes halogenated alkanes) is 1. The maximum Gasteiger partial charge on any atom is 0.324 e. The molecule has 9 heteroatoms. The number of aryl methyl sites for hydroxylation is 3. The Hall–Kier alpha value is -3.72. The number of nitrogens with zero attached hydrogens (tertiary/aromatic N) is 3. The Balaban J connectivity index is 1.89. The maximum absolute atomic E-state index is 12.7. The Bertz CT molecular complexity index is 1540. The van der Waals surface area contributed by atoms with Gasteiger partial charge in [-0.15, -0.1) is 0 Å². The smallest absolute Gasteiger partial charge is 0.324 e. The van der Waals surface area contributed by atoms with Gasteiger partial charge >= 0.3 is 6.01 Å². The van der Waals surface area contributed by atoms with Crippen molar-refractivity contribution in [2.75, 3.05) is 10.5 Å². The normalized spacial score (nSPS) is 11.5. The first-order chi connectivity index (χ1) is 16.7. The number of rotatable bonds is 8. The van der Waals surface area contributed by atoms with Gasteiger partial charge in [-0.3, -0.25) is 9.52 Å². The largest absolute Gasteiger partial charge is 0.424 e. The van der Waals surface area contributed by atoms with Crippen molar-refractivity contribution in [1.29, 1.82) is 0 Å². The highest BCUT2D eigenvalue weighted by atomic mass is 32.2. The van der Waals surface area contributed by atoms with Crippen LogP contribution in [0.3, 0.4) is 0 Å². The fourth-order valence-corrected chi connectivity index (χ4v) is 5.07. The highest BCUT2D eigenvalue weighted by Crippen LogP contribution is 2.31. The Morgan fingerprint density at radius 1 is 1.00 bits per heavy atom. The van der Waals surface area contributed by atoms with E-state index in [1.807, 2.05) is 51.1 Å². The van der Waals surface area contributed by atoms with Gasteiger partial charge in [-0.05, 0) is 42.8 Å². The summed E-state index contributed by atoms with van der Waals surface area (Å²) in [6, 6.07) is 14.6. The quantitative estimate of drug-likeness (QED) is 0.373. The number of benzene rings is 2. The van der Waals surface area contributed by atoms with Crippen molar-refractivity contribution >= 4 is 26.6 Å². The number of aromatic nitrogens is 3. The third kappa shape index (κ3) is 5.35. The third-order valence-corrected chi connectivity index (χ3v) is 7.05. The van der Waals surface area contributed by atoms with Crippen molar-refractivity contribution in [3.63, 3.8) is 0 Å². The molecule has 0 aliphatic rings. The molecular weight excluding hydrogens is 464 g/mol. The summed E-state index contributed by atoms with van der Waals surface area (Å²) in [6.07, 6.45) is 2.97. The van der Waals surface area contributed by atoms with Gasteiger partial charge in [0.2, 0.25) is 10.0 Å². The summed E-state index contributed by atoms with van der Waals surface area (Å²) >= 11 is 0. The minimum atomic E-state index is -3.61. The van der Waals surface area contributed by atoms with Crippen molar-refractivity contribution in [3.05, 3.63) is 76.2 Å². The van der Waals surface area contributed by atoms with Gasteiger partial charge in [0.15, 0.2) is 0 Å². The summed E-state index contributed by atoms with van der Waals surface area (Å²) in [5, 5.41) is 1.24. The molecule has 0 saturated carbocycles. The second kappa shape index (κ2) is 9.87. The van der Waals surface area contributed by atoms with Gasteiger partial charge in [-0.2, -0.15) is 9.97 Å². The van der Waals surface area contributed by atoms with E-state index in [0.29, 0.717) is 34.2 Å². The Morgan fingerprint density at radius 2 is 1.69 bits per heavy atom. The van der Waals surface area contributed by atoms with Crippen molar-refractivity contribution in [2.24, 2.45) is 7.05 Å². The van der Waals surface area contributed by atoms with Crippen LogP contribution >= 0.6 is 0 Å². The van der Waals surface area contributed by atoms with E-state index in [9.17, 15) is 13.2 Å². The lowest BCUT2D eigenvalue weighted by molar-refractivity contribution is 0.437. The summed E-state index contributed by atoms with van der Waals surface area (Å²) in [6.45, 7) is 5.77. The van der Waals surface area contributed by atoms with E-state index < -0.39 is 10.0 Å². The Morgan fingerprint density at radius 3 is 2.37 bits per heavy atom. The second-order valence-electron chi connectivity index (χ2n) is 8.52. The van der Waals surface area contributed by atoms with Crippen molar-refractivity contribution in [2.45, 2.75) is 33.6 Å². The molecule has 4 rings (SSSR count). The van der Waals surface area contributed by atoms with E-state index in [4.69, 9.17) is 4.74 Å². The zero-order valence-electron chi connectivity index (χ0n) is 20.2. The topological polar surface area (TPSA) is 103 Å². The van der Waals surface area contributed by atoms with Crippen LogP contribution in [-0.4, -0.2) is 28.7 Å². The molecule has 0 aliphatic carbocycles. The van der Waals surface area contributed by atoms with Crippen molar-refractivity contribution in [1.82, 2.24) is 14.5 Å². The molecule has 0 amide bonds. The zero-order valence-corrected chi connectivity index (χ0v) is 21.0. The molecule has 182 valence electrons. The first kappa shape index (κ1) is 24.4. The van der Waals surface area contributed by atoms with Gasteiger partial charge in [0.05, 0.1) is 11.4 Å². The number of para-hydroxylation sites is 1.